The molecule has 1 aromatic rings. The fourth-order valence-corrected chi connectivity index (χ4v) is 2.25. The summed E-state index contributed by atoms with van der Waals surface area (Å²) in [5.74, 6) is 0. The van der Waals surface area contributed by atoms with E-state index < -0.39 is 6.17 Å². The van der Waals surface area contributed by atoms with Gasteiger partial charge in [-0.2, -0.15) is 0 Å². The summed E-state index contributed by atoms with van der Waals surface area (Å²) < 4.78 is 14.1. The Kier molecular flexibility index (Phi) is 3.06. The molecule has 2 atom stereocenters. The summed E-state index contributed by atoms with van der Waals surface area (Å²) >= 11 is 0. The molecule has 1 aliphatic heterocycles. The van der Waals surface area contributed by atoms with E-state index >= 15 is 0 Å². The molecular weight excluding hydrogens is 189 g/mol. The molecule has 1 heterocycles. The normalized spacial score (nSPS) is 25.0. The van der Waals surface area contributed by atoms with Crippen molar-refractivity contribution in [3.63, 3.8) is 0 Å². The lowest BCUT2D eigenvalue weighted by molar-refractivity contribution is 0.224. The summed E-state index contributed by atoms with van der Waals surface area (Å²) in [6, 6.07) is 6.08. The molecule has 1 nitrogen and oxygen atoms in total. The first kappa shape index (κ1) is 10.6. The molecule has 0 saturated heterocycles. The van der Waals surface area contributed by atoms with Crippen molar-refractivity contribution in [2.75, 3.05) is 0 Å². The number of hydrogen-bond acceptors (Lipinski definition) is 1. The van der Waals surface area contributed by atoms with E-state index in [9.17, 15) is 4.39 Å². The van der Waals surface area contributed by atoms with Crippen LogP contribution in [0.1, 0.15) is 42.6 Å². The fourth-order valence-electron chi connectivity index (χ4n) is 2.25. The number of fused-ring (bicyclic) bond motifs is 1. The lowest BCUT2D eigenvalue weighted by Crippen LogP contribution is -2.37. The van der Waals surface area contributed by atoms with Gasteiger partial charge in [0.2, 0.25) is 0 Å². The van der Waals surface area contributed by atoms with Gasteiger partial charge in [-0.3, -0.25) is 0 Å². The maximum absolute atomic E-state index is 14.1. The lowest BCUT2D eigenvalue weighted by atomic mass is 9.90. The standard InChI is InChI=1S/C13H18FN/c1-3-4-12-13(14)11-7-9(2)5-6-10(11)8-15-12/h5-7,12-13,15H,3-4,8H2,1-2H3/t12-,13-/m1/s1. The van der Waals surface area contributed by atoms with Crippen molar-refractivity contribution in [1.82, 2.24) is 5.32 Å². The van der Waals surface area contributed by atoms with Crippen LogP contribution in [0, 0.1) is 6.92 Å². The van der Waals surface area contributed by atoms with Crippen LogP contribution in [0.5, 0.6) is 0 Å². The predicted octanol–water partition coefficient (Wildman–Crippen LogP) is 3.28. The van der Waals surface area contributed by atoms with Gasteiger partial charge in [0.1, 0.15) is 6.17 Å². The van der Waals surface area contributed by atoms with Gasteiger partial charge in [0.25, 0.3) is 0 Å². The van der Waals surface area contributed by atoms with Crippen LogP contribution < -0.4 is 5.32 Å². The fraction of sp³-hybridized carbons (Fsp3) is 0.538. The smallest absolute Gasteiger partial charge is 0.141 e. The summed E-state index contributed by atoms with van der Waals surface area (Å²) in [6.45, 7) is 4.92. The van der Waals surface area contributed by atoms with E-state index in [1.807, 2.05) is 25.1 Å². The van der Waals surface area contributed by atoms with Crippen LogP contribution in [0.25, 0.3) is 0 Å². The van der Waals surface area contributed by atoms with Crippen LogP contribution in [-0.4, -0.2) is 6.04 Å². The van der Waals surface area contributed by atoms with E-state index in [-0.39, 0.29) is 6.04 Å². The molecule has 0 saturated carbocycles. The third kappa shape index (κ3) is 2.05. The van der Waals surface area contributed by atoms with Crippen LogP contribution in [0.2, 0.25) is 0 Å². The molecule has 0 aromatic heterocycles. The Morgan fingerprint density at radius 2 is 2.27 bits per heavy atom. The Bertz CT molecular complexity index is 348. The van der Waals surface area contributed by atoms with Crippen molar-refractivity contribution in [3.8, 4) is 0 Å². The Balaban J connectivity index is 2.28. The van der Waals surface area contributed by atoms with Crippen LogP contribution in [0.4, 0.5) is 4.39 Å². The van der Waals surface area contributed by atoms with E-state index in [0.717, 1.165) is 36.1 Å². The number of nitrogens with one attached hydrogen (secondary N) is 1. The Morgan fingerprint density at radius 1 is 1.47 bits per heavy atom. The van der Waals surface area contributed by atoms with Crippen molar-refractivity contribution in [2.45, 2.75) is 45.4 Å². The first-order valence-corrected chi connectivity index (χ1v) is 5.69. The zero-order valence-corrected chi connectivity index (χ0v) is 9.39. The van der Waals surface area contributed by atoms with E-state index in [1.54, 1.807) is 0 Å². The SMILES string of the molecule is CCC[C@H]1NCc2ccc(C)cc2[C@H]1F. The number of alkyl halides is 1. The zero-order valence-electron chi connectivity index (χ0n) is 9.39. The largest absolute Gasteiger partial charge is 0.307 e. The molecule has 0 unspecified atom stereocenters. The zero-order chi connectivity index (χ0) is 10.8. The molecule has 1 aliphatic rings. The average molecular weight is 207 g/mol. The minimum atomic E-state index is -0.839. The van der Waals surface area contributed by atoms with Crippen LogP contribution >= 0.6 is 0 Å². The molecule has 0 spiro atoms. The van der Waals surface area contributed by atoms with Gasteiger partial charge in [0.15, 0.2) is 0 Å². The molecular formula is C13H18FN. The molecule has 0 bridgehead atoms. The summed E-state index contributed by atoms with van der Waals surface area (Å²) in [5, 5.41) is 3.27. The molecule has 2 heteroatoms. The van der Waals surface area contributed by atoms with Gasteiger partial charge in [-0.05, 0) is 24.5 Å². The first-order chi connectivity index (χ1) is 7.22. The summed E-state index contributed by atoms with van der Waals surface area (Å²) in [5.41, 5.74) is 3.15. The summed E-state index contributed by atoms with van der Waals surface area (Å²) in [4.78, 5) is 0. The molecule has 1 N–H and O–H groups in total. The van der Waals surface area contributed by atoms with Gasteiger partial charge < -0.3 is 5.32 Å². The number of aryl methyl sites for hydroxylation is 1. The summed E-state index contributed by atoms with van der Waals surface area (Å²) in [6.07, 6.45) is 1.10. The Hall–Kier alpha value is -0.890. The van der Waals surface area contributed by atoms with Gasteiger partial charge in [-0.15, -0.1) is 0 Å². The minimum absolute atomic E-state index is 0.00398. The molecule has 0 fully saturated rings. The highest BCUT2D eigenvalue weighted by Crippen LogP contribution is 2.31. The molecule has 2 rings (SSSR count). The van der Waals surface area contributed by atoms with Crippen LogP contribution in [-0.2, 0) is 6.54 Å². The third-order valence-corrected chi connectivity index (χ3v) is 3.11. The molecule has 0 aliphatic carbocycles. The number of halogens is 1. The summed E-state index contributed by atoms with van der Waals surface area (Å²) in [7, 11) is 0. The molecule has 0 amide bonds. The van der Waals surface area contributed by atoms with E-state index in [2.05, 4.69) is 12.2 Å². The van der Waals surface area contributed by atoms with E-state index in [1.165, 1.54) is 0 Å². The van der Waals surface area contributed by atoms with Crippen molar-refractivity contribution >= 4 is 0 Å². The van der Waals surface area contributed by atoms with E-state index in [4.69, 9.17) is 0 Å². The highest BCUT2D eigenvalue weighted by Gasteiger charge is 2.28. The van der Waals surface area contributed by atoms with Gasteiger partial charge in [0.05, 0.1) is 0 Å². The van der Waals surface area contributed by atoms with Crippen molar-refractivity contribution in [2.24, 2.45) is 0 Å². The van der Waals surface area contributed by atoms with Crippen molar-refractivity contribution < 1.29 is 4.39 Å². The van der Waals surface area contributed by atoms with Gasteiger partial charge in [-0.25, -0.2) is 4.39 Å². The van der Waals surface area contributed by atoms with Crippen molar-refractivity contribution in [1.29, 1.82) is 0 Å². The monoisotopic (exact) mass is 207 g/mol. The maximum Gasteiger partial charge on any atom is 0.141 e. The molecule has 82 valence electrons. The van der Waals surface area contributed by atoms with E-state index in [0.29, 0.717) is 0 Å². The number of hydrogen-bond donors (Lipinski definition) is 1. The van der Waals surface area contributed by atoms with Crippen molar-refractivity contribution in [3.05, 3.63) is 34.9 Å². The lowest BCUT2D eigenvalue weighted by Gasteiger charge is -2.29. The molecule has 0 radical (unpaired) electrons. The topological polar surface area (TPSA) is 12.0 Å². The second-order valence-corrected chi connectivity index (χ2v) is 4.38. The number of benzene rings is 1. The van der Waals surface area contributed by atoms with Crippen LogP contribution in [0.15, 0.2) is 18.2 Å². The van der Waals surface area contributed by atoms with Crippen LogP contribution in [0.3, 0.4) is 0 Å². The Labute approximate surface area is 90.7 Å². The Morgan fingerprint density at radius 3 is 3.00 bits per heavy atom. The van der Waals surface area contributed by atoms with Gasteiger partial charge in [0, 0.05) is 12.6 Å². The van der Waals surface area contributed by atoms with Gasteiger partial charge in [-0.1, -0.05) is 37.1 Å². The molecule has 1 aromatic carbocycles. The second kappa shape index (κ2) is 4.31. The minimum Gasteiger partial charge on any atom is -0.307 e. The number of rotatable bonds is 2. The molecule has 15 heavy (non-hydrogen) atoms. The quantitative estimate of drug-likeness (QED) is 0.784. The predicted molar refractivity (Wildman–Crippen MR) is 60.6 cm³/mol. The maximum atomic E-state index is 14.1. The second-order valence-electron chi connectivity index (χ2n) is 4.38. The first-order valence-electron chi connectivity index (χ1n) is 5.69. The third-order valence-electron chi connectivity index (χ3n) is 3.11. The van der Waals surface area contributed by atoms with Gasteiger partial charge >= 0.3 is 0 Å². The highest BCUT2D eigenvalue weighted by atomic mass is 19.1. The highest BCUT2D eigenvalue weighted by molar-refractivity contribution is 5.35. The average Bonchev–Trinajstić information content (AvgIpc) is 2.23.